The summed E-state index contributed by atoms with van der Waals surface area (Å²) in [5.41, 5.74) is 1.66. The molecule has 0 fully saturated rings. The van der Waals surface area contributed by atoms with Crippen molar-refractivity contribution in [2.24, 2.45) is 0 Å². The van der Waals surface area contributed by atoms with Crippen molar-refractivity contribution in [2.45, 2.75) is 22.9 Å². The van der Waals surface area contributed by atoms with Crippen LogP contribution in [0.1, 0.15) is 11.1 Å². The van der Waals surface area contributed by atoms with Crippen molar-refractivity contribution in [1.82, 2.24) is 19.5 Å². The minimum Gasteiger partial charge on any atom is -0.249 e. The maximum Gasteiger partial charge on any atom is 0.242 e. The summed E-state index contributed by atoms with van der Waals surface area (Å²) in [6, 6.07) is 11.3. The van der Waals surface area contributed by atoms with Gasteiger partial charge >= 0.3 is 0 Å². The second-order valence-electron chi connectivity index (χ2n) is 6.05. The largest absolute Gasteiger partial charge is 0.249 e. The van der Waals surface area contributed by atoms with Gasteiger partial charge in [0.05, 0.1) is 16.3 Å². The number of sulfone groups is 1. The first-order valence-corrected chi connectivity index (χ1v) is 12.2. The normalized spacial score (nSPS) is 12.2. The van der Waals surface area contributed by atoms with Crippen LogP contribution < -0.4 is 4.72 Å². The molecule has 0 saturated heterocycles. The highest BCUT2D eigenvalue weighted by Gasteiger charge is 2.21. The molecule has 0 amide bonds. The second kappa shape index (κ2) is 8.11. The van der Waals surface area contributed by atoms with Gasteiger partial charge in [0.25, 0.3) is 0 Å². The Bertz CT molecular complexity index is 1190. The Morgan fingerprint density at radius 1 is 1.07 bits per heavy atom. The molecule has 148 valence electrons. The van der Waals surface area contributed by atoms with E-state index in [1.165, 1.54) is 18.5 Å². The van der Waals surface area contributed by atoms with E-state index < -0.39 is 19.9 Å². The molecule has 8 nitrogen and oxygen atoms in total. The highest BCUT2D eigenvalue weighted by molar-refractivity contribution is 9.10. The summed E-state index contributed by atoms with van der Waals surface area (Å²) in [5, 5.41) is 4.06. The fourth-order valence-corrected chi connectivity index (χ4v) is 5.26. The minimum absolute atomic E-state index is 0.0444. The van der Waals surface area contributed by atoms with Gasteiger partial charge in [0.2, 0.25) is 10.0 Å². The van der Waals surface area contributed by atoms with Gasteiger partial charge in [-0.05, 0) is 45.3 Å². The molecule has 1 aromatic heterocycles. The van der Waals surface area contributed by atoms with Gasteiger partial charge in [-0.2, -0.15) is 5.10 Å². The average molecular weight is 485 g/mol. The first-order valence-electron chi connectivity index (χ1n) is 8.05. The monoisotopic (exact) mass is 484 g/mol. The summed E-state index contributed by atoms with van der Waals surface area (Å²) in [5.74, 6) is 0. The molecular formula is C17H17BrN4O4S2. The van der Waals surface area contributed by atoms with Crippen LogP contribution in [0.5, 0.6) is 0 Å². The number of hydrogen-bond donors (Lipinski definition) is 1. The third-order valence-electron chi connectivity index (χ3n) is 3.99. The molecule has 11 heteroatoms. The van der Waals surface area contributed by atoms with E-state index in [2.05, 4.69) is 30.7 Å². The highest BCUT2D eigenvalue weighted by atomic mass is 79.9. The third-order valence-corrected chi connectivity index (χ3v) is 7.50. The van der Waals surface area contributed by atoms with Crippen LogP contribution in [0.15, 0.2) is 69.4 Å². The van der Waals surface area contributed by atoms with E-state index in [4.69, 9.17) is 0 Å². The molecule has 1 N–H and O–H groups in total. The van der Waals surface area contributed by atoms with Gasteiger partial charge in [-0.1, -0.05) is 24.3 Å². The van der Waals surface area contributed by atoms with Crippen LogP contribution in [0.2, 0.25) is 0 Å². The van der Waals surface area contributed by atoms with Crippen LogP contribution in [0.4, 0.5) is 0 Å². The Labute approximate surface area is 171 Å². The predicted molar refractivity (Wildman–Crippen MR) is 107 cm³/mol. The van der Waals surface area contributed by atoms with Gasteiger partial charge in [-0.3, -0.25) is 0 Å². The van der Waals surface area contributed by atoms with Gasteiger partial charge in [0, 0.05) is 17.3 Å². The van der Waals surface area contributed by atoms with E-state index in [-0.39, 0.29) is 20.8 Å². The van der Waals surface area contributed by atoms with Crippen LogP contribution in [0.3, 0.4) is 0 Å². The summed E-state index contributed by atoms with van der Waals surface area (Å²) in [6.07, 6.45) is 4.03. The SMILES string of the molecule is CS(=O)(=O)c1ccc(Br)c(S(=O)(=O)NCc2ccccc2Cn2cncn2)c1. The molecule has 0 aliphatic carbocycles. The molecule has 0 bridgehead atoms. The summed E-state index contributed by atoms with van der Waals surface area (Å²) < 4.78 is 53.5. The summed E-state index contributed by atoms with van der Waals surface area (Å²) >= 11 is 3.18. The van der Waals surface area contributed by atoms with E-state index in [1.54, 1.807) is 11.0 Å². The molecule has 0 atom stereocenters. The molecule has 0 unspecified atom stereocenters. The van der Waals surface area contributed by atoms with Crippen molar-refractivity contribution in [3.63, 3.8) is 0 Å². The first-order chi connectivity index (χ1) is 13.2. The van der Waals surface area contributed by atoms with E-state index in [9.17, 15) is 16.8 Å². The number of benzene rings is 2. The standard InChI is InChI=1S/C17H17BrN4O4S2/c1-27(23,24)15-6-7-16(18)17(8-15)28(25,26)21-9-13-4-2-3-5-14(13)10-22-12-19-11-20-22/h2-8,11-12,21H,9-10H2,1H3. The number of nitrogens with one attached hydrogen (secondary N) is 1. The smallest absolute Gasteiger partial charge is 0.242 e. The third kappa shape index (κ3) is 4.85. The van der Waals surface area contributed by atoms with Crippen molar-refractivity contribution in [3.8, 4) is 0 Å². The maximum atomic E-state index is 12.8. The molecule has 0 aliphatic heterocycles. The van der Waals surface area contributed by atoms with Gasteiger partial charge in [-0.25, -0.2) is 31.2 Å². The number of hydrogen-bond acceptors (Lipinski definition) is 6. The number of sulfonamides is 1. The zero-order chi connectivity index (χ0) is 20.4. The van der Waals surface area contributed by atoms with E-state index in [1.807, 2.05) is 24.3 Å². The molecule has 0 aliphatic rings. The maximum absolute atomic E-state index is 12.8. The van der Waals surface area contributed by atoms with Crippen LogP contribution in [0.25, 0.3) is 0 Å². The zero-order valence-corrected chi connectivity index (χ0v) is 18.0. The van der Waals surface area contributed by atoms with Gasteiger partial charge in [-0.15, -0.1) is 0 Å². The van der Waals surface area contributed by atoms with Crippen molar-refractivity contribution >= 4 is 35.8 Å². The topological polar surface area (TPSA) is 111 Å². The molecule has 0 saturated carbocycles. The summed E-state index contributed by atoms with van der Waals surface area (Å²) in [6.45, 7) is 0.494. The molecule has 0 radical (unpaired) electrons. The minimum atomic E-state index is -3.95. The Morgan fingerprint density at radius 3 is 2.43 bits per heavy atom. The summed E-state index contributed by atoms with van der Waals surface area (Å²) in [7, 11) is -7.48. The van der Waals surface area contributed by atoms with E-state index in [0.29, 0.717) is 6.54 Å². The Morgan fingerprint density at radius 2 is 1.79 bits per heavy atom. The molecule has 28 heavy (non-hydrogen) atoms. The first kappa shape index (κ1) is 20.6. The average Bonchev–Trinajstić information content (AvgIpc) is 3.13. The number of rotatable bonds is 7. The van der Waals surface area contributed by atoms with Crippen LogP contribution in [-0.2, 0) is 33.0 Å². The molecule has 3 rings (SSSR count). The lowest BCUT2D eigenvalue weighted by atomic mass is 10.1. The molecule has 2 aromatic carbocycles. The molecular weight excluding hydrogens is 468 g/mol. The molecule has 0 spiro atoms. The number of nitrogens with zero attached hydrogens (tertiary/aromatic N) is 3. The van der Waals surface area contributed by atoms with Gasteiger partial charge in [0.15, 0.2) is 9.84 Å². The lowest BCUT2D eigenvalue weighted by molar-refractivity contribution is 0.579. The van der Waals surface area contributed by atoms with Crippen molar-refractivity contribution in [2.75, 3.05) is 6.26 Å². The highest BCUT2D eigenvalue weighted by Crippen LogP contribution is 2.25. The lowest BCUT2D eigenvalue weighted by Crippen LogP contribution is -2.24. The van der Waals surface area contributed by atoms with E-state index in [0.717, 1.165) is 23.4 Å². The Hall–Kier alpha value is -2.08. The lowest BCUT2D eigenvalue weighted by Gasteiger charge is -2.13. The number of halogens is 1. The van der Waals surface area contributed by atoms with Crippen LogP contribution in [0, 0.1) is 0 Å². The van der Waals surface area contributed by atoms with E-state index >= 15 is 0 Å². The fraction of sp³-hybridized carbons (Fsp3) is 0.176. The predicted octanol–water partition coefficient (Wildman–Crippen LogP) is 1.97. The zero-order valence-electron chi connectivity index (χ0n) is 14.8. The van der Waals surface area contributed by atoms with Crippen molar-refractivity contribution < 1.29 is 16.8 Å². The Balaban J connectivity index is 1.85. The van der Waals surface area contributed by atoms with Gasteiger partial charge < -0.3 is 0 Å². The van der Waals surface area contributed by atoms with Crippen LogP contribution in [-0.4, -0.2) is 37.9 Å². The second-order valence-corrected chi connectivity index (χ2v) is 10.7. The van der Waals surface area contributed by atoms with Gasteiger partial charge in [0.1, 0.15) is 12.7 Å². The number of aromatic nitrogens is 3. The quantitative estimate of drug-likeness (QED) is 0.548. The summed E-state index contributed by atoms with van der Waals surface area (Å²) in [4.78, 5) is 3.69. The van der Waals surface area contributed by atoms with Crippen LogP contribution >= 0.6 is 15.9 Å². The molecule has 1 heterocycles. The molecule has 3 aromatic rings. The Kier molecular flexibility index (Phi) is 5.98. The van der Waals surface area contributed by atoms with Crippen molar-refractivity contribution in [3.05, 3.63) is 70.7 Å². The fourth-order valence-electron chi connectivity index (χ4n) is 2.54. The van der Waals surface area contributed by atoms with Crippen molar-refractivity contribution in [1.29, 1.82) is 0 Å².